The normalized spacial score (nSPS) is 25.7. The predicted octanol–water partition coefficient (Wildman–Crippen LogP) is 1.29. The Hall–Kier alpha value is -0.480. The number of hydrogen-bond acceptors (Lipinski definition) is 3. The van der Waals surface area contributed by atoms with Crippen LogP contribution in [-0.4, -0.2) is 30.3 Å². The first-order chi connectivity index (χ1) is 5.88. The molecule has 84 valence electrons. The number of rotatable bonds is 1. The number of hydrogen-bond donors (Lipinski definition) is 2. The largest absolute Gasteiger partial charge is 0.444 e. The van der Waals surface area contributed by atoms with Crippen molar-refractivity contribution in [1.29, 1.82) is 0 Å². The van der Waals surface area contributed by atoms with Crippen LogP contribution >= 0.6 is 12.4 Å². The highest BCUT2D eigenvalue weighted by Crippen LogP contribution is 2.08. The molecule has 0 bridgehead atoms. The van der Waals surface area contributed by atoms with Gasteiger partial charge in [0.25, 0.3) is 0 Å². The van der Waals surface area contributed by atoms with Crippen LogP contribution < -0.4 is 10.6 Å². The van der Waals surface area contributed by atoms with Crippen molar-refractivity contribution >= 4 is 18.5 Å². The molecule has 0 aromatic carbocycles. The van der Waals surface area contributed by atoms with Gasteiger partial charge in [0.1, 0.15) is 5.60 Å². The Morgan fingerprint density at radius 3 is 2.36 bits per heavy atom. The molecule has 2 N–H and O–H groups in total. The first-order valence-corrected chi connectivity index (χ1v) is 4.61. The summed E-state index contributed by atoms with van der Waals surface area (Å²) in [5.41, 5.74) is -0.412. The second-order valence-corrected chi connectivity index (χ2v) is 4.45. The Kier molecular flexibility index (Phi) is 4.68. The summed E-state index contributed by atoms with van der Waals surface area (Å²) in [6.07, 6.45) is -0.328. The van der Waals surface area contributed by atoms with Crippen molar-refractivity contribution in [1.82, 2.24) is 10.6 Å². The lowest BCUT2D eigenvalue weighted by Gasteiger charge is -2.36. The second kappa shape index (κ2) is 4.84. The number of carbonyl (C=O) groups excluding carboxylic acids is 1. The number of alkyl carbamates (subject to hydrolysis) is 1. The molecule has 14 heavy (non-hydrogen) atoms. The maximum Gasteiger partial charge on any atom is 0.407 e. The molecule has 4 nitrogen and oxygen atoms in total. The van der Waals surface area contributed by atoms with E-state index in [1.807, 2.05) is 27.7 Å². The highest BCUT2D eigenvalue weighted by molar-refractivity contribution is 5.85. The quantitative estimate of drug-likeness (QED) is 0.703. The summed E-state index contributed by atoms with van der Waals surface area (Å²) in [4.78, 5) is 11.2. The zero-order chi connectivity index (χ0) is 10.1. The van der Waals surface area contributed by atoms with Crippen molar-refractivity contribution in [2.75, 3.05) is 6.54 Å². The number of ether oxygens (including phenoxy) is 1. The predicted molar refractivity (Wildman–Crippen MR) is 57.9 cm³/mol. The van der Waals surface area contributed by atoms with Gasteiger partial charge < -0.3 is 15.4 Å². The van der Waals surface area contributed by atoms with Gasteiger partial charge in [0.05, 0.1) is 6.04 Å². The molecule has 0 spiro atoms. The fourth-order valence-corrected chi connectivity index (χ4v) is 1.11. The van der Waals surface area contributed by atoms with E-state index in [1.165, 1.54) is 0 Å². The van der Waals surface area contributed by atoms with E-state index >= 15 is 0 Å². The van der Waals surface area contributed by atoms with Crippen LogP contribution in [0.15, 0.2) is 0 Å². The van der Waals surface area contributed by atoms with Gasteiger partial charge in [-0.15, -0.1) is 12.4 Å². The maximum absolute atomic E-state index is 11.2. The minimum atomic E-state index is -0.412. The van der Waals surface area contributed by atoms with Crippen LogP contribution in [0.25, 0.3) is 0 Å². The van der Waals surface area contributed by atoms with Gasteiger partial charge in [0, 0.05) is 12.6 Å². The zero-order valence-corrected chi connectivity index (χ0v) is 9.90. The third-order valence-corrected chi connectivity index (χ3v) is 1.97. The summed E-state index contributed by atoms with van der Waals surface area (Å²) in [7, 11) is 0. The van der Waals surface area contributed by atoms with E-state index < -0.39 is 5.60 Å². The summed E-state index contributed by atoms with van der Waals surface area (Å²) in [6, 6.07) is 0.572. The minimum absolute atomic E-state index is 0. The van der Waals surface area contributed by atoms with E-state index in [-0.39, 0.29) is 24.5 Å². The Labute approximate surface area is 91.2 Å². The van der Waals surface area contributed by atoms with Gasteiger partial charge in [-0.1, -0.05) is 0 Å². The summed E-state index contributed by atoms with van der Waals surface area (Å²) >= 11 is 0. The molecule has 1 aliphatic heterocycles. The molecule has 0 aromatic heterocycles. The second-order valence-electron chi connectivity index (χ2n) is 4.45. The molecular weight excluding hydrogens is 204 g/mol. The van der Waals surface area contributed by atoms with Crippen molar-refractivity contribution < 1.29 is 9.53 Å². The fraction of sp³-hybridized carbons (Fsp3) is 0.889. The number of amides is 1. The van der Waals surface area contributed by atoms with E-state index in [2.05, 4.69) is 10.6 Å². The van der Waals surface area contributed by atoms with E-state index in [4.69, 9.17) is 4.74 Å². The highest BCUT2D eigenvalue weighted by Gasteiger charge is 2.29. The zero-order valence-electron chi connectivity index (χ0n) is 9.09. The molecular formula is C9H19ClN2O2. The maximum atomic E-state index is 11.2. The molecule has 1 saturated heterocycles. The summed E-state index contributed by atoms with van der Waals surface area (Å²) in [5.74, 6) is 0. The van der Waals surface area contributed by atoms with Crippen molar-refractivity contribution in [3.05, 3.63) is 0 Å². The lowest BCUT2D eigenvalue weighted by molar-refractivity contribution is 0.0468. The Balaban J connectivity index is 0.00000169. The van der Waals surface area contributed by atoms with Crippen LogP contribution in [0, 0.1) is 0 Å². The lowest BCUT2D eigenvalue weighted by atomic mass is 10.0. The van der Waals surface area contributed by atoms with Crippen molar-refractivity contribution in [3.63, 3.8) is 0 Å². The lowest BCUT2D eigenvalue weighted by Crippen LogP contribution is -2.63. The molecule has 0 aliphatic carbocycles. The smallest absolute Gasteiger partial charge is 0.407 e. The molecule has 0 unspecified atom stereocenters. The average Bonchev–Trinajstić information content (AvgIpc) is 1.94. The van der Waals surface area contributed by atoms with Crippen molar-refractivity contribution in [2.24, 2.45) is 0 Å². The monoisotopic (exact) mass is 222 g/mol. The van der Waals surface area contributed by atoms with Gasteiger partial charge in [-0.05, 0) is 27.7 Å². The topological polar surface area (TPSA) is 50.4 Å². The third kappa shape index (κ3) is 4.15. The van der Waals surface area contributed by atoms with Crippen LogP contribution in [0.3, 0.4) is 0 Å². The first kappa shape index (κ1) is 13.5. The number of nitrogens with one attached hydrogen (secondary N) is 2. The molecule has 1 rings (SSSR count). The Morgan fingerprint density at radius 2 is 2.07 bits per heavy atom. The first-order valence-electron chi connectivity index (χ1n) is 4.61. The van der Waals surface area contributed by atoms with Gasteiger partial charge in [0.15, 0.2) is 0 Å². The van der Waals surface area contributed by atoms with E-state index in [0.29, 0.717) is 6.04 Å². The summed E-state index contributed by atoms with van der Waals surface area (Å²) in [6.45, 7) is 8.44. The van der Waals surface area contributed by atoms with Crippen LogP contribution in [0.2, 0.25) is 0 Å². The summed E-state index contributed by atoms with van der Waals surface area (Å²) in [5, 5.41) is 5.96. The van der Waals surface area contributed by atoms with Gasteiger partial charge in [0.2, 0.25) is 0 Å². The van der Waals surface area contributed by atoms with Gasteiger partial charge in [-0.3, -0.25) is 0 Å². The average molecular weight is 223 g/mol. The van der Waals surface area contributed by atoms with Crippen LogP contribution in [0.5, 0.6) is 0 Å². The molecule has 1 aliphatic rings. The van der Waals surface area contributed by atoms with E-state index in [1.54, 1.807) is 0 Å². The van der Waals surface area contributed by atoms with Crippen molar-refractivity contribution in [2.45, 2.75) is 45.4 Å². The van der Waals surface area contributed by atoms with Gasteiger partial charge >= 0.3 is 6.09 Å². The standard InChI is InChI=1S/C9H18N2O2.ClH/c1-6-7(5-10-6)11-8(12)13-9(2,3)4;/h6-7,10H,5H2,1-4H3,(H,11,12);1H/t6-,7+;/m1./s1. The highest BCUT2D eigenvalue weighted by atomic mass is 35.5. The number of carbonyl (C=O) groups is 1. The van der Waals surface area contributed by atoms with Gasteiger partial charge in [-0.25, -0.2) is 4.79 Å². The summed E-state index contributed by atoms with van der Waals surface area (Å²) < 4.78 is 5.11. The van der Waals surface area contributed by atoms with Crippen LogP contribution in [0.4, 0.5) is 4.79 Å². The molecule has 5 heteroatoms. The fourth-order valence-electron chi connectivity index (χ4n) is 1.11. The molecule has 2 atom stereocenters. The minimum Gasteiger partial charge on any atom is -0.444 e. The molecule has 1 amide bonds. The Morgan fingerprint density at radius 1 is 1.50 bits per heavy atom. The van der Waals surface area contributed by atoms with E-state index in [9.17, 15) is 4.79 Å². The SMILES string of the molecule is C[C@H]1NC[C@@H]1NC(=O)OC(C)(C)C.Cl. The van der Waals surface area contributed by atoms with Crippen molar-refractivity contribution in [3.8, 4) is 0 Å². The molecule has 1 fully saturated rings. The molecule has 0 saturated carbocycles. The number of halogens is 1. The van der Waals surface area contributed by atoms with E-state index in [0.717, 1.165) is 6.54 Å². The molecule has 1 heterocycles. The molecule has 0 radical (unpaired) electrons. The van der Waals surface area contributed by atoms with Crippen LogP contribution in [-0.2, 0) is 4.74 Å². The molecule has 0 aromatic rings. The van der Waals surface area contributed by atoms with Gasteiger partial charge in [-0.2, -0.15) is 0 Å². The van der Waals surface area contributed by atoms with Crippen LogP contribution in [0.1, 0.15) is 27.7 Å². The Bertz CT molecular complexity index is 203. The third-order valence-electron chi connectivity index (χ3n) is 1.97.